The van der Waals surface area contributed by atoms with Gasteiger partial charge in [-0.25, -0.2) is 27.9 Å². The third kappa shape index (κ3) is 11.7. The molecule has 2 aromatic carbocycles. The number of urea groups is 1. The Hall–Kier alpha value is -6.45. The zero-order valence-electron chi connectivity index (χ0n) is 42.0. The molecule has 1 atom stereocenters. The van der Waals surface area contributed by atoms with Crippen molar-refractivity contribution < 1.29 is 27.5 Å². The highest BCUT2D eigenvalue weighted by molar-refractivity contribution is 5.79. The van der Waals surface area contributed by atoms with E-state index in [9.17, 15) is 22.8 Å². The average molecular weight is 1010 g/mol. The first-order valence-corrected chi connectivity index (χ1v) is 26.0. The number of halogens is 3. The number of anilines is 5. The number of carbonyl (C=O) groups is 2. The van der Waals surface area contributed by atoms with Gasteiger partial charge >= 0.3 is 6.03 Å². The fourth-order valence-corrected chi connectivity index (χ4v) is 11.3. The van der Waals surface area contributed by atoms with E-state index in [1.54, 1.807) is 60.6 Å². The average Bonchev–Trinajstić information content (AvgIpc) is 4.02. The topological polar surface area (TPSA) is 160 Å². The molecular formula is C52H68F3N15O3. The van der Waals surface area contributed by atoms with Gasteiger partial charge in [-0.3, -0.25) is 24.0 Å². The van der Waals surface area contributed by atoms with Crippen molar-refractivity contribution in [3.8, 4) is 11.1 Å². The second-order valence-electron chi connectivity index (χ2n) is 19.9. The summed E-state index contributed by atoms with van der Waals surface area (Å²) in [5, 5.41) is 18.9. The number of alkyl halides is 2. The molecule has 5 aromatic rings. The summed E-state index contributed by atoms with van der Waals surface area (Å²) in [4.78, 5) is 48.0. The van der Waals surface area contributed by atoms with Crippen LogP contribution >= 0.6 is 0 Å². The molecule has 0 aliphatic carbocycles. The predicted molar refractivity (Wildman–Crippen MR) is 274 cm³/mol. The van der Waals surface area contributed by atoms with Gasteiger partial charge in [-0.1, -0.05) is 6.07 Å². The van der Waals surface area contributed by atoms with Crippen molar-refractivity contribution in [2.75, 3.05) is 125 Å². The first kappa shape index (κ1) is 50.1. The first-order chi connectivity index (χ1) is 35.6. The van der Waals surface area contributed by atoms with Gasteiger partial charge in [0.1, 0.15) is 23.8 Å². The Kier molecular flexibility index (Phi) is 15.6. The molecule has 5 aliphatic rings. The van der Waals surface area contributed by atoms with Crippen LogP contribution in [0, 0.1) is 5.82 Å². The number of benzene rings is 2. The van der Waals surface area contributed by atoms with Crippen molar-refractivity contribution in [2.24, 2.45) is 7.05 Å². The molecule has 8 heterocycles. The van der Waals surface area contributed by atoms with Crippen molar-refractivity contribution >= 4 is 40.8 Å². The Balaban J connectivity index is 0.665. The molecule has 3 amide bonds. The molecule has 10 rings (SSSR count). The van der Waals surface area contributed by atoms with Crippen LogP contribution in [0.15, 0.2) is 61.2 Å². The number of aromatic nitrogens is 6. The number of piperazine rings is 1. The molecule has 0 bridgehead atoms. The summed E-state index contributed by atoms with van der Waals surface area (Å²) in [5.41, 5.74) is 5.77. The van der Waals surface area contributed by atoms with Gasteiger partial charge in [-0.15, -0.1) is 0 Å². The minimum absolute atomic E-state index is 0.0301. The molecule has 3 N–H and O–H groups in total. The minimum atomic E-state index is -2.68. The SMILES string of the molecule is CNC(=O)N1CCc2c(c(N3CCCc4cc(-c5cnn(C)c5)c(C(F)F)cc43)nn2C2CCN(CC(=O)NCCOCCN3CCN(c4cc(N[C@@H]5CCCN(c6cccc(F)c6)C5)ncn4)CC3)CC2)C1. The van der Waals surface area contributed by atoms with E-state index in [2.05, 4.69) is 60.2 Å². The van der Waals surface area contributed by atoms with Crippen LogP contribution < -0.4 is 30.7 Å². The van der Waals surface area contributed by atoms with Gasteiger partial charge in [-0.05, 0) is 80.0 Å². The van der Waals surface area contributed by atoms with Gasteiger partial charge in [0.15, 0.2) is 5.82 Å². The Bertz CT molecular complexity index is 2700. The highest BCUT2D eigenvalue weighted by Gasteiger charge is 2.35. The second kappa shape index (κ2) is 22.8. The van der Waals surface area contributed by atoms with Crippen LogP contribution in [0.25, 0.3) is 11.1 Å². The molecule has 0 spiro atoms. The minimum Gasteiger partial charge on any atom is -0.378 e. The summed E-state index contributed by atoms with van der Waals surface area (Å²) in [7, 11) is 3.41. The lowest BCUT2D eigenvalue weighted by atomic mass is 9.92. The molecule has 390 valence electrons. The van der Waals surface area contributed by atoms with E-state index in [-0.39, 0.29) is 35.4 Å². The molecule has 3 saturated heterocycles. The summed E-state index contributed by atoms with van der Waals surface area (Å²) in [5.74, 6) is 2.18. The summed E-state index contributed by atoms with van der Waals surface area (Å²) >= 11 is 0. The van der Waals surface area contributed by atoms with Crippen molar-refractivity contribution in [3.05, 3.63) is 89.4 Å². The lowest BCUT2D eigenvalue weighted by molar-refractivity contribution is -0.122. The largest absolute Gasteiger partial charge is 0.378 e. The van der Waals surface area contributed by atoms with Gasteiger partial charge in [0.05, 0.1) is 38.5 Å². The monoisotopic (exact) mass is 1010 g/mol. The van der Waals surface area contributed by atoms with Gasteiger partial charge in [0.25, 0.3) is 6.43 Å². The zero-order chi connectivity index (χ0) is 50.4. The first-order valence-electron chi connectivity index (χ1n) is 26.0. The number of nitrogens with one attached hydrogen (secondary N) is 3. The van der Waals surface area contributed by atoms with E-state index in [1.807, 2.05) is 18.2 Å². The molecule has 0 radical (unpaired) electrons. The Morgan fingerprint density at radius 2 is 1.74 bits per heavy atom. The van der Waals surface area contributed by atoms with Crippen LogP contribution in [-0.4, -0.2) is 168 Å². The molecular weight excluding hydrogens is 940 g/mol. The highest BCUT2D eigenvalue weighted by Crippen LogP contribution is 2.44. The van der Waals surface area contributed by atoms with E-state index in [1.165, 1.54) is 6.07 Å². The van der Waals surface area contributed by atoms with Gasteiger partial charge in [0, 0.05) is 151 Å². The van der Waals surface area contributed by atoms with Crippen LogP contribution in [-0.2, 0) is 36.0 Å². The maximum absolute atomic E-state index is 14.8. The second-order valence-corrected chi connectivity index (χ2v) is 19.9. The number of hydrogen-bond acceptors (Lipinski definition) is 13. The van der Waals surface area contributed by atoms with Crippen molar-refractivity contribution in [1.82, 2.24) is 54.9 Å². The summed E-state index contributed by atoms with van der Waals surface area (Å²) in [6, 6.07) is 12.5. The summed E-state index contributed by atoms with van der Waals surface area (Å²) in [6.07, 6.45) is 8.18. The third-order valence-electron chi connectivity index (χ3n) is 15.1. The van der Waals surface area contributed by atoms with Crippen LogP contribution in [0.1, 0.15) is 67.0 Å². The van der Waals surface area contributed by atoms with Crippen LogP contribution in [0.4, 0.5) is 46.8 Å². The number of likely N-dealkylation sites (tertiary alicyclic amines) is 1. The normalized spacial score (nSPS) is 19.0. The van der Waals surface area contributed by atoms with Crippen molar-refractivity contribution in [1.29, 1.82) is 0 Å². The summed E-state index contributed by atoms with van der Waals surface area (Å²) < 4.78 is 53.1. The van der Waals surface area contributed by atoms with Gasteiger partial charge in [0.2, 0.25) is 5.91 Å². The fourth-order valence-electron chi connectivity index (χ4n) is 11.3. The Morgan fingerprint density at radius 1 is 0.890 bits per heavy atom. The number of ether oxygens (including phenoxy) is 1. The molecule has 0 saturated carbocycles. The number of carbonyl (C=O) groups excluding carboxylic acids is 2. The van der Waals surface area contributed by atoms with Gasteiger partial charge < -0.3 is 40.3 Å². The maximum Gasteiger partial charge on any atom is 0.317 e. The van der Waals surface area contributed by atoms with Crippen LogP contribution in [0.3, 0.4) is 0 Å². The van der Waals surface area contributed by atoms with Crippen molar-refractivity contribution in [3.63, 3.8) is 0 Å². The predicted octanol–water partition coefficient (Wildman–Crippen LogP) is 5.60. The van der Waals surface area contributed by atoms with Crippen LogP contribution in [0.2, 0.25) is 0 Å². The fraction of sp³-hybridized carbons (Fsp3) is 0.538. The standard InChI is InChI=1S/C52H68F3N15O3/c1-56-52(72)68-18-12-45-44(33-68)51(69-15-4-6-36-26-42(37-30-60-63(2)31-37)43(50(54)55)28-46(36)69)62-70(45)40-10-16-65(17-11-40)34-49(71)57-13-24-73-25-23-64-19-21-66(22-20-64)48-29-47(58-35-59-48)61-39-8-5-14-67(32-39)41-9-3-7-38(53)27-41/h3,7,9,26-31,35,39-40,50H,4-6,8,10-25,32-34H2,1-2H3,(H,56,72)(H,57,71)(H,58,59,61)/t39-/m1/s1. The number of hydrogen-bond donors (Lipinski definition) is 3. The van der Waals surface area contributed by atoms with E-state index >= 15 is 0 Å². The van der Waals surface area contributed by atoms with E-state index in [0.29, 0.717) is 63.5 Å². The lowest BCUT2D eigenvalue weighted by Gasteiger charge is -2.36. The Morgan fingerprint density at radius 3 is 2.52 bits per heavy atom. The van der Waals surface area contributed by atoms with Gasteiger partial charge in [-0.2, -0.15) is 10.2 Å². The van der Waals surface area contributed by atoms with Crippen molar-refractivity contribution in [2.45, 2.75) is 70.0 Å². The number of amides is 3. The molecule has 73 heavy (non-hydrogen) atoms. The van der Waals surface area contributed by atoms with E-state index in [4.69, 9.17) is 9.84 Å². The zero-order valence-corrected chi connectivity index (χ0v) is 42.0. The smallest absolute Gasteiger partial charge is 0.317 e. The lowest BCUT2D eigenvalue weighted by Crippen LogP contribution is -2.47. The highest BCUT2D eigenvalue weighted by atomic mass is 19.3. The van der Waals surface area contributed by atoms with Crippen LogP contribution in [0.5, 0.6) is 0 Å². The number of aryl methyl sites for hydroxylation is 2. The number of piperidine rings is 2. The third-order valence-corrected chi connectivity index (χ3v) is 15.1. The number of fused-ring (bicyclic) bond motifs is 2. The molecule has 0 unspecified atom stereocenters. The molecule has 5 aliphatic heterocycles. The molecule has 3 aromatic heterocycles. The van der Waals surface area contributed by atoms with E-state index in [0.717, 1.165) is 143 Å². The molecule has 21 heteroatoms. The number of rotatable bonds is 16. The number of nitrogens with zero attached hydrogens (tertiary/aromatic N) is 12. The Labute approximate surface area is 424 Å². The maximum atomic E-state index is 14.8. The quantitative estimate of drug-likeness (QED) is 0.105. The molecule has 18 nitrogen and oxygen atoms in total. The summed E-state index contributed by atoms with van der Waals surface area (Å²) in [6.45, 7) is 10.7. The van der Waals surface area contributed by atoms with E-state index < -0.39 is 6.43 Å². The molecule has 3 fully saturated rings.